The van der Waals surface area contributed by atoms with Gasteiger partial charge in [0, 0.05) is 24.2 Å². The number of aryl methyl sites for hydroxylation is 1. The lowest BCUT2D eigenvalue weighted by atomic mass is 10.1. The van der Waals surface area contributed by atoms with E-state index in [9.17, 15) is 9.59 Å². The average Bonchev–Trinajstić information content (AvgIpc) is 3.00. The van der Waals surface area contributed by atoms with Gasteiger partial charge in [-0.25, -0.2) is 4.98 Å². The van der Waals surface area contributed by atoms with E-state index in [2.05, 4.69) is 41.7 Å². The Morgan fingerprint density at radius 1 is 0.906 bits per heavy atom. The summed E-state index contributed by atoms with van der Waals surface area (Å²) in [5.41, 5.74) is 6.92. The summed E-state index contributed by atoms with van der Waals surface area (Å²) in [5, 5.41) is 3.59. The fraction of sp³-hybridized carbons (Fsp3) is 0.222. The molecule has 0 spiro atoms. The van der Waals surface area contributed by atoms with Gasteiger partial charge >= 0.3 is 0 Å². The SMILES string of the molecule is O=C(Nc1ccc2c(c1)Cc1ccccc1-2)c1ccc2c(=O)n3c(nc2c1)CCCCC3. The fourth-order valence-electron chi connectivity index (χ4n) is 4.99. The topological polar surface area (TPSA) is 64.0 Å². The molecule has 158 valence electrons. The lowest BCUT2D eigenvalue weighted by Gasteiger charge is -2.11. The molecule has 5 nitrogen and oxygen atoms in total. The number of carbonyl (C=O) groups excluding carboxylic acids is 1. The van der Waals surface area contributed by atoms with Crippen molar-refractivity contribution >= 4 is 22.5 Å². The first-order valence-electron chi connectivity index (χ1n) is 11.2. The van der Waals surface area contributed by atoms with Crippen LogP contribution in [0.4, 0.5) is 5.69 Å². The van der Waals surface area contributed by atoms with Crippen LogP contribution in [0.25, 0.3) is 22.0 Å². The van der Waals surface area contributed by atoms with E-state index in [1.54, 1.807) is 22.8 Å². The van der Waals surface area contributed by atoms with Gasteiger partial charge in [-0.1, -0.05) is 36.8 Å². The van der Waals surface area contributed by atoms with E-state index in [1.165, 1.54) is 22.3 Å². The van der Waals surface area contributed by atoms with Crippen LogP contribution in [0.5, 0.6) is 0 Å². The van der Waals surface area contributed by atoms with Crippen molar-refractivity contribution in [3.05, 3.63) is 93.5 Å². The molecule has 4 aromatic rings. The molecule has 1 aliphatic carbocycles. The third-order valence-corrected chi connectivity index (χ3v) is 6.63. The van der Waals surface area contributed by atoms with Crippen molar-refractivity contribution in [1.29, 1.82) is 0 Å². The maximum atomic E-state index is 13.0. The van der Waals surface area contributed by atoms with E-state index in [0.29, 0.717) is 16.5 Å². The number of nitrogens with one attached hydrogen (secondary N) is 1. The summed E-state index contributed by atoms with van der Waals surface area (Å²) in [5.74, 6) is 0.634. The summed E-state index contributed by atoms with van der Waals surface area (Å²) in [7, 11) is 0. The van der Waals surface area contributed by atoms with Crippen LogP contribution in [0.3, 0.4) is 0 Å². The average molecular weight is 422 g/mol. The van der Waals surface area contributed by atoms with Crippen LogP contribution in [0.1, 0.15) is 46.6 Å². The van der Waals surface area contributed by atoms with E-state index < -0.39 is 0 Å². The van der Waals surface area contributed by atoms with E-state index in [-0.39, 0.29) is 11.5 Å². The molecule has 0 atom stereocenters. The molecule has 32 heavy (non-hydrogen) atoms. The molecule has 0 fully saturated rings. The molecule has 1 amide bonds. The monoisotopic (exact) mass is 421 g/mol. The molecule has 1 aromatic heterocycles. The summed E-state index contributed by atoms with van der Waals surface area (Å²) in [6.45, 7) is 0.724. The highest BCUT2D eigenvalue weighted by Gasteiger charge is 2.19. The van der Waals surface area contributed by atoms with Crippen LogP contribution in [0.2, 0.25) is 0 Å². The molecule has 1 aliphatic heterocycles. The predicted molar refractivity (Wildman–Crippen MR) is 126 cm³/mol. The number of benzene rings is 3. The third-order valence-electron chi connectivity index (χ3n) is 6.63. The first-order valence-corrected chi connectivity index (χ1v) is 11.2. The van der Waals surface area contributed by atoms with Gasteiger partial charge in [-0.15, -0.1) is 0 Å². The largest absolute Gasteiger partial charge is 0.322 e. The van der Waals surface area contributed by atoms with Gasteiger partial charge in [-0.05, 0) is 71.8 Å². The minimum Gasteiger partial charge on any atom is -0.322 e. The summed E-state index contributed by atoms with van der Waals surface area (Å²) in [6, 6.07) is 19.7. The Hall–Kier alpha value is -3.73. The molecule has 0 saturated carbocycles. The molecular weight excluding hydrogens is 398 g/mol. The second-order valence-electron chi connectivity index (χ2n) is 8.69. The molecule has 3 aromatic carbocycles. The fourth-order valence-corrected chi connectivity index (χ4v) is 4.99. The predicted octanol–water partition coefficient (Wildman–Crippen LogP) is 4.95. The van der Waals surface area contributed by atoms with Crippen molar-refractivity contribution in [2.75, 3.05) is 5.32 Å². The van der Waals surface area contributed by atoms with E-state index in [4.69, 9.17) is 4.98 Å². The third kappa shape index (κ3) is 3.12. The van der Waals surface area contributed by atoms with Gasteiger partial charge in [0.25, 0.3) is 11.5 Å². The van der Waals surface area contributed by atoms with Gasteiger partial charge in [0.05, 0.1) is 10.9 Å². The number of amides is 1. The van der Waals surface area contributed by atoms with Crippen molar-refractivity contribution < 1.29 is 4.79 Å². The number of fused-ring (bicyclic) bond motifs is 5. The molecule has 0 radical (unpaired) electrons. The highest BCUT2D eigenvalue weighted by molar-refractivity contribution is 6.06. The molecule has 0 bridgehead atoms. The Morgan fingerprint density at radius 3 is 2.72 bits per heavy atom. The first kappa shape index (κ1) is 19.0. The lowest BCUT2D eigenvalue weighted by Crippen LogP contribution is -2.24. The molecule has 0 unspecified atom stereocenters. The molecule has 2 heterocycles. The van der Waals surface area contributed by atoms with E-state index >= 15 is 0 Å². The zero-order valence-corrected chi connectivity index (χ0v) is 17.7. The minimum atomic E-state index is -0.195. The minimum absolute atomic E-state index is 0.00273. The van der Waals surface area contributed by atoms with Gasteiger partial charge in [-0.3, -0.25) is 14.2 Å². The summed E-state index contributed by atoms with van der Waals surface area (Å²) in [4.78, 5) is 30.6. The molecule has 2 aliphatic rings. The number of rotatable bonds is 2. The van der Waals surface area contributed by atoms with Crippen molar-refractivity contribution in [3.8, 4) is 11.1 Å². The highest BCUT2D eigenvalue weighted by Crippen LogP contribution is 2.37. The zero-order valence-electron chi connectivity index (χ0n) is 17.7. The maximum Gasteiger partial charge on any atom is 0.261 e. The molecule has 1 N–H and O–H groups in total. The number of nitrogens with zero attached hydrogens (tertiary/aromatic N) is 2. The first-order chi connectivity index (χ1) is 15.7. The maximum absolute atomic E-state index is 13.0. The summed E-state index contributed by atoms with van der Waals surface area (Å²) in [6.07, 6.45) is 4.84. The van der Waals surface area contributed by atoms with Crippen LogP contribution in [-0.4, -0.2) is 15.5 Å². The lowest BCUT2D eigenvalue weighted by molar-refractivity contribution is 0.102. The van der Waals surface area contributed by atoms with Crippen molar-refractivity contribution in [2.24, 2.45) is 0 Å². The Balaban J connectivity index is 1.30. The zero-order chi connectivity index (χ0) is 21.7. The Bertz CT molecular complexity index is 1450. The van der Waals surface area contributed by atoms with Crippen molar-refractivity contribution in [3.63, 3.8) is 0 Å². The highest BCUT2D eigenvalue weighted by atomic mass is 16.1. The Labute approximate surface area is 185 Å². The number of hydrogen-bond acceptors (Lipinski definition) is 3. The van der Waals surface area contributed by atoms with E-state index in [1.807, 2.05) is 6.07 Å². The van der Waals surface area contributed by atoms with Gasteiger partial charge in [0.15, 0.2) is 0 Å². The van der Waals surface area contributed by atoms with Crippen molar-refractivity contribution in [2.45, 2.75) is 38.6 Å². The van der Waals surface area contributed by atoms with Gasteiger partial charge < -0.3 is 5.32 Å². The van der Waals surface area contributed by atoms with Crippen LogP contribution in [0.15, 0.2) is 65.5 Å². The van der Waals surface area contributed by atoms with Gasteiger partial charge in [-0.2, -0.15) is 0 Å². The smallest absolute Gasteiger partial charge is 0.261 e. The number of aromatic nitrogens is 2. The van der Waals surface area contributed by atoms with Crippen molar-refractivity contribution in [1.82, 2.24) is 9.55 Å². The van der Waals surface area contributed by atoms with Crippen LogP contribution < -0.4 is 10.9 Å². The van der Waals surface area contributed by atoms with Crippen LogP contribution in [0, 0.1) is 0 Å². The van der Waals surface area contributed by atoms with Gasteiger partial charge in [0.1, 0.15) is 5.82 Å². The van der Waals surface area contributed by atoms with E-state index in [0.717, 1.165) is 50.2 Å². The van der Waals surface area contributed by atoms with Crippen LogP contribution in [-0.2, 0) is 19.4 Å². The number of anilines is 1. The standard InChI is InChI=1S/C27H23N3O2/c31-26(28-20-10-12-22-19(15-20)14-17-6-3-4-7-21(17)22)18-9-11-23-24(16-18)29-25-8-2-1-5-13-30(25)27(23)32/h3-4,6-7,9-12,15-16H,1-2,5,8,13-14H2,(H,28,31). The number of carbonyl (C=O) groups is 1. The quantitative estimate of drug-likeness (QED) is 0.439. The molecule has 6 rings (SSSR count). The molecule has 0 saturated heterocycles. The molecule has 5 heteroatoms. The van der Waals surface area contributed by atoms with Gasteiger partial charge in [0.2, 0.25) is 0 Å². The molecular formula is C27H23N3O2. The van der Waals surface area contributed by atoms with Crippen LogP contribution >= 0.6 is 0 Å². The summed E-state index contributed by atoms with van der Waals surface area (Å²) < 4.78 is 1.80. The summed E-state index contributed by atoms with van der Waals surface area (Å²) >= 11 is 0. The second kappa shape index (κ2) is 7.45. The Kier molecular flexibility index (Phi) is 4.42. The second-order valence-corrected chi connectivity index (χ2v) is 8.69. The number of hydrogen-bond donors (Lipinski definition) is 1. The normalized spacial score (nSPS) is 14.4. The Morgan fingerprint density at radius 2 is 1.78 bits per heavy atom.